The van der Waals surface area contributed by atoms with Crippen LogP contribution in [0.5, 0.6) is 5.75 Å². The third kappa shape index (κ3) is 2.61. The Bertz CT molecular complexity index is 504. The third-order valence-corrected chi connectivity index (χ3v) is 2.98. The van der Waals surface area contributed by atoms with Gasteiger partial charge in [0.1, 0.15) is 11.6 Å². The molecule has 1 aromatic carbocycles. The Morgan fingerprint density at radius 1 is 1.17 bits per heavy atom. The van der Waals surface area contributed by atoms with Gasteiger partial charge in [-0.1, -0.05) is 12.1 Å². The van der Waals surface area contributed by atoms with Gasteiger partial charge in [-0.05, 0) is 24.1 Å². The van der Waals surface area contributed by atoms with Crippen LogP contribution in [-0.4, -0.2) is 28.9 Å². The second-order valence-electron chi connectivity index (χ2n) is 4.10. The Balaban J connectivity index is 1.99. The van der Waals surface area contributed by atoms with E-state index < -0.39 is 0 Å². The van der Waals surface area contributed by atoms with E-state index in [1.54, 1.807) is 7.11 Å². The number of nitrogens with zero attached hydrogens (tertiary/aromatic N) is 3. The lowest BCUT2D eigenvalue weighted by Gasteiger charge is -2.04. The maximum absolute atomic E-state index is 5.13. The van der Waals surface area contributed by atoms with Crippen LogP contribution in [0.2, 0.25) is 0 Å². The first kappa shape index (κ1) is 12.4. The van der Waals surface area contributed by atoms with Crippen molar-refractivity contribution in [1.82, 2.24) is 14.8 Å². The molecule has 1 heterocycles. The van der Waals surface area contributed by atoms with Gasteiger partial charge in [0.15, 0.2) is 0 Å². The molecule has 0 aliphatic rings. The molecule has 0 saturated heterocycles. The summed E-state index contributed by atoms with van der Waals surface area (Å²) >= 11 is 0. The Labute approximate surface area is 107 Å². The van der Waals surface area contributed by atoms with E-state index in [0.29, 0.717) is 0 Å². The van der Waals surface area contributed by atoms with Crippen LogP contribution in [0, 0.1) is 0 Å². The number of rotatable bonds is 5. The molecule has 0 bridgehead atoms. The Morgan fingerprint density at radius 3 is 2.44 bits per heavy atom. The minimum atomic E-state index is 0.791. The van der Waals surface area contributed by atoms with Gasteiger partial charge in [0.2, 0.25) is 5.95 Å². The summed E-state index contributed by atoms with van der Waals surface area (Å²) in [4.78, 5) is 0. The first-order chi connectivity index (χ1) is 8.74. The van der Waals surface area contributed by atoms with Crippen LogP contribution in [-0.2, 0) is 19.9 Å². The smallest absolute Gasteiger partial charge is 0.224 e. The number of anilines is 1. The van der Waals surface area contributed by atoms with Gasteiger partial charge >= 0.3 is 0 Å². The zero-order valence-electron chi connectivity index (χ0n) is 11.0. The van der Waals surface area contributed by atoms with Crippen molar-refractivity contribution in [2.75, 3.05) is 19.5 Å². The summed E-state index contributed by atoms with van der Waals surface area (Å²) in [6.45, 7) is 0. The quantitative estimate of drug-likeness (QED) is 0.871. The predicted molar refractivity (Wildman–Crippen MR) is 71.0 cm³/mol. The lowest BCUT2D eigenvalue weighted by molar-refractivity contribution is 0.414. The average Bonchev–Trinajstić information content (AvgIpc) is 2.77. The molecule has 1 aromatic heterocycles. The Hall–Kier alpha value is -2.04. The summed E-state index contributed by atoms with van der Waals surface area (Å²) in [6, 6.07) is 8.11. The highest BCUT2D eigenvalue weighted by atomic mass is 16.5. The molecule has 0 spiro atoms. The largest absolute Gasteiger partial charge is 0.497 e. The fourth-order valence-corrected chi connectivity index (χ4v) is 1.85. The molecule has 0 amide bonds. The first-order valence-electron chi connectivity index (χ1n) is 5.93. The van der Waals surface area contributed by atoms with Gasteiger partial charge in [0, 0.05) is 20.5 Å². The maximum Gasteiger partial charge on any atom is 0.224 e. The van der Waals surface area contributed by atoms with Crippen molar-refractivity contribution in [2.45, 2.75) is 12.8 Å². The third-order valence-electron chi connectivity index (χ3n) is 2.98. The molecule has 0 aliphatic heterocycles. The SMILES string of the molecule is CNc1nnc(CCc2ccc(OC)cc2)n1C. The van der Waals surface area contributed by atoms with Gasteiger partial charge in [-0.25, -0.2) is 0 Å². The van der Waals surface area contributed by atoms with Gasteiger partial charge < -0.3 is 14.6 Å². The highest BCUT2D eigenvalue weighted by molar-refractivity contribution is 5.28. The van der Waals surface area contributed by atoms with Crippen molar-refractivity contribution < 1.29 is 4.74 Å². The summed E-state index contributed by atoms with van der Waals surface area (Å²) in [6.07, 6.45) is 1.82. The lowest BCUT2D eigenvalue weighted by atomic mass is 10.1. The Kier molecular flexibility index (Phi) is 3.82. The maximum atomic E-state index is 5.13. The van der Waals surface area contributed by atoms with Crippen molar-refractivity contribution in [1.29, 1.82) is 0 Å². The van der Waals surface area contributed by atoms with Crippen LogP contribution < -0.4 is 10.1 Å². The number of methoxy groups -OCH3 is 1. The molecular weight excluding hydrogens is 228 g/mol. The second kappa shape index (κ2) is 5.53. The summed E-state index contributed by atoms with van der Waals surface area (Å²) < 4.78 is 7.11. The molecule has 0 radical (unpaired) electrons. The van der Waals surface area contributed by atoms with E-state index in [1.807, 2.05) is 30.8 Å². The highest BCUT2D eigenvalue weighted by Crippen LogP contribution is 2.13. The minimum Gasteiger partial charge on any atom is -0.497 e. The summed E-state index contributed by atoms with van der Waals surface area (Å²) in [5.41, 5.74) is 1.27. The first-order valence-corrected chi connectivity index (χ1v) is 5.93. The number of hydrogen-bond donors (Lipinski definition) is 1. The number of aromatic nitrogens is 3. The van der Waals surface area contributed by atoms with Gasteiger partial charge in [-0.2, -0.15) is 0 Å². The van der Waals surface area contributed by atoms with Crippen LogP contribution in [0.4, 0.5) is 5.95 Å². The standard InChI is InChI=1S/C13H18N4O/c1-14-13-16-15-12(17(13)2)9-6-10-4-7-11(18-3)8-5-10/h4-5,7-8H,6,9H2,1-3H3,(H,14,16). The molecule has 0 unspecified atom stereocenters. The van der Waals surface area contributed by atoms with Crippen LogP contribution in [0.1, 0.15) is 11.4 Å². The van der Waals surface area contributed by atoms with E-state index in [-0.39, 0.29) is 0 Å². The van der Waals surface area contributed by atoms with Gasteiger partial charge in [-0.15, -0.1) is 10.2 Å². The van der Waals surface area contributed by atoms with Crippen LogP contribution in [0.3, 0.4) is 0 Å². The minimum absolute atomic E-state index is 0.791. The topological polar surface area (TPSA) is 52.0 Å². The van der Waals surface area contributed by atoms with Gasteiger partial charge in [0.05, 0.1) is 7.11 Å². The average molecular weight is 246 g/mol. The van der Waals surface area contributed by atoms with Crippen molar-refractivity contribution in [3.05, 3.63) is 35.7 Å². The zero-order chi connectivity index (χ0) is 13.0. The van der Waals surface area contributed by atoms with E-state index in [1.165, 1.54) is 5.56 Å². The van der Waals surface area contributed by atoms with Crippen molar-refractivity contribution in [3.63, 3.8) is 0 Å². The second-order valence-corrected chi connectivity index (χ2v) is 4.10. The van der Waals surface area contributed by atoms with Crippen LogP contribution in [0.15, 0.2) is 24.3 Å². The summed E-state index contributed by atoms with van der Waals surface area (Å²) in [7, 11) is 5.49. The monoisotopic (exact) mass is 246 g/mol. The van der Waals surface area contributed by atoms with E-state index in [4.69, 9.17) is 4.74 Å². The molecule has 0 saturated carbocycles. The molecule has 18 heavy (non-hydrogen) atoms. The van der Waals surface area contributed by atoms with Crippen molar-refractivity contribution >= 4 is 5.95 Å². The lowest BCUT2D eigenvalue weighted by Crippen LogP contribution is -2.03. The molecule has 1 N–H and O–H groups in total. The van der Waals surface area contributed by atoms with E-state index in [0.717, 1.165) is 30.4 Å². The molecule has 0 fully saturated rings. The number of aryl methyl sites for hydroxylation is 2. The molecule has 0 atom stereocenters. The molecule has 2 rings (SSSR count). The highest BCUT2D eigenvalue weighted by Gasteiger charge is 2.06. The Morgan fingerprint density at radius 2 is 1.89 bits per heavy atom. The fraction of sp³-hybridized carbons (Fsp3) is 0.385. The molecule has 0 aliphatic carbocycles. The number of hydrogen-bond acceptors (Lipinski definition) is 4. The summed E-state index contributed by atoms with van der Waals surface area (Å²) in [5.74, 6) is 2.66. The van der Waals surface area contributed by atoms with E-state index >= 15 is 0 Å². The predicted octanol–water partition coefficient (Wildman–Crippen LogP) is 1.65. The zero-order valence-corrected chi connectivity index (χ0v) is 11.0. The number of nitrogens with one attached hydrogen (secondary N) is 1. The number of benzene rings is 1. The molecular formula is C13H18N4O. The van der Waals surface area contributed by atoms with Crippen LogP contribution in [0.25, 0.3) is 0 Å². The molecule has 96 valence electrons. The molecule has 2 aromatic rings. The summed E-state index contributed by atoms with van der Waals surface area (Å²) in [5, 5.41) is 11.2. The van der Waals surface area contributed by atoms with Gasteiger partial charge in [-0.3, -0.25) is 0 Å². The molecule has 5 heteroatoms. The van der Waals surface area contributed by atoms with Gasteiger partial charge in [0.25, 0.3) is 0 Å². The van der Waals surface area contributed by atoms with E-state index in [9.17, 15) is 0 Å². The van der Waals surface area contributed by atoms with Crippen molar-refractivity contribution in [2.24, 2.45) is 7.05 Å². The van der Waals surface area contributed by atoms with E-state index in [2.05, 4.69) is 27.6 Å². The van der Waals surface area contributed by atoms with Crippen LogP contribution >= 0.6 is 0 Å². The number of ether oxygens (including phenoxy) is 1. The fourth-order valence-electron chi connectivity index (χ4n) is 1.85. The normalized spacial score (nSPS) is 10.4. The molecule has 5 nitrogen and oxygen atoms in total. The van der Waals surface area contributed by atoms with Crippen molar-refractivity contribution in [3.8, 4) is 5.75 Å².